The Hall–Kier alpha value is -5.36. The van der Waals surface area contributed by atoms with Gasteiger partial charge in [0.1, 0.15) is 5.75 Å². The summed E-state index contributed by atoms with van der Waals surface area (Å²) < 4.78 is 38.4. The largest absolute Gasteiger partial charge is 0.492 e. The molecule has 0 aliphatic carbocycles. The van der Waals surface area contributed by atoms with Crippen molar-refractivity contribution in [2.75, 3.05) is 40.6 Å². The van der Waals surface area contributed by atoms with E-state index in [1.165, 1.54) is 12.7 Å². The summed E-state index contributed by atoms with van der Waals surface area (Å²) in [4.78, 5) is 22.2. The molecule has 2 amide bonds. The number of aromatic nitrogens is 2. The van der Waals surface area contributed by atoms with Crippen LogP contribution in [-0.4, -0.2) is 44.3 Å². The van der Waals surface area contributed by atoms with Gasteiger partial charge < -0.3 is 25.4 Å². The fourth-order valence-electron chi connectivity index (χ4n) is 4.96. The number of hydrogen-bond donors (Lipinski definition) is 4. The van der Waals surface area contributed by atoms with Gasteiger partial charge in [-0.2, -0.15) is 4.98 Å². The summed E-state index contributed by atoms with van der Waals surface area (Å²) in [5, 5.41) is 10.5. The molecule has 0 aliphatic heterocycles. The Balaban J connectivity index is 1.35. The third-order valence-corrected chi connectivity index (χ3v) is 7.81. The number of anilines is 4. The van der Waals surface area contributed by atoms with Crippen LogP contribution < -0.4 is 30.1 Å². The van der Waals surface area contributed by atoms with E-state index in [4.69, 9.17) is 9.47 Å². The van der Waals surface area contributed by atoms with Crippen molar-refractivity contribution in [3.63, 3.8) is 0 Å². The molecular weight excluding hydrogens is 616 g/mol. The molecule has 0 fully saturated rings. The molecular formula is C35H38N6O5S. The standard InChI is InChI=1S/C35H38N6O5S/c1-35(2,3)24-21-28(32(45-4)29(22-24)41-47(5,43)44)39-34(42)38-27-15-16-30(26-14-10-9-13-25(26)27)46-31-18-20-37-33(40-31)36-19-17-23-11-7-6-8-12-23/h6-16,18,20-22,41H,17,19H2,1-5H3,(H,36,37,40)(H2,38,39,42). The third-order valence-electron chi connectivity index (χ3n) is 7.22. The van der Waals surface area contributed by atoms with Gasteiger partial charge in [-0.05, 0) is 47.2 Å². The first-order valence-corrected chi connectivity index (χ1v) is 16.9. The van der Waals surface area contributed by atoms with Gasteiger partial charge in [-0.3, -0.25) is 4.72 Å². The lowest BCUT2D eigenvalue weighted by Gasteiger charge is -2.24. The quantitative estimate of drug-likeness (QED) is 0.115. The zero-order valence-corrected chi connectivity index (χ0v) is 27.7. The summed E-state index contributed by atoms with van der Waals surface area (Å²) in [5.74, 6) is 1.57. The molecule has 0 aliphatic rings. The SMILES string of the molecule is COc1c(NC(=O)Nc2ccc(Oc3ccnc(NCCc4ccccc4)n3)c3ccccc23)cc(C(C)(C)C)cc1NS(C)(=O)=O. The first kappa shape index (κ1) is 33.0. The number of methoxy groups -OCH3 is 1. The second-order valence-electron chi connectivity index (χ2n) is 11.9. The number of hydrogen-bond acceptors (Lipinski definition) is 8. The average Bonchev–Trinajstić information content (AvgIpc) is 3.02. The Morgan fingerprint density at radius 2 is 1.53 bits per heavy atom. The zero-order valence-electron chi connectivity index (χ0n) is 26.9. The number of rotatable bonds is 11. The molecule has 12 heteroatoms. The number of fused-ring (bicyclic) bond motifs is 1. The van der Waals surface area contributed by atoms with Crippen molar-refractivity contribution in [1.29, 1.82) is 0 Å². The highest BCUT2D eigenvalue weighted by molar-refractivity contribution is 7.92. The van der Waals surface area contributed by atoms with Gasteiger partial charge in [0.05, 0.1) is 30.4 Å². The molecule has 0 saturated heterocycles. The summed E-state index contributed by atoms with van der Waals surface area (Å²) >= 11 is 0. The van der Waals surface area contributed by atoms with Crippen LogP contribution in [0.25, 0.3) is 10.8 Å². The predicted octanol–water partition coefficient (Wildman–Crippen LogP) is 7.40. The van der Waals surface area contributed by atoms with Gasteiger partial charge in [-0.25, -0.2) is 18.2 Å². The predicted molar refractivity (Wildman–Crippen MR) is 187 cm³/mol. The van der Waals surface area contributed by atoms with Gasteiger partial charge in [0.25, 0.3) is 0 Å². The first-order valence-electron chi connectivity index (χ1n) is 15.0. The molecule has 47 heavy (non-hydrogen) atoms. The highest BCUT2D eigenvalue weighted by Crippen LogP contribution is 2.39. The van der Waals surface area contributed by atoms with Crippen molar-refractivity contribution < 1.29 is 22.7 Å². The summed E-state index contributed by atoms with van der Waals surface area (Å²) in [7, 11) is -2.20. The van der Waals surface area contributed by atoms with E-state index in [0.29, 0.717) is 35.5 Å². The number of urea groups is 1. The van der Waals surface area contributed by atoms with E-state index < -0.39 is 16.1 Å². The monoisotopic (exact) mass is 654 g/mol. The van der Waals surface area contributed by atoms with Crippen LogP contribution in [0.4, 0.5) is 27.8 Å². The topological polar surface area (TPSA) is 144 Å². The number of ether oxygens (including phenoxy) is 2. The minimum Gasteiger partial charge on any atom is -0.492 e. The van der Waals surface area contributed by atoms with Crippen molar-refractivity contribution in [3.8, 4) is 17.4 Å². The van der Waals surface area contributed by atoms with Crippen LogP contribution in [0.3, 0.4) is 0 Å². The molecule has 0 spiro atoms. The lowest BCUT2D eigenvalue weighted by Crippen LogP contribution is -2.22. The van der Waals surface area contributed by atoms with E-state index in [1.54, 1.807) is 36.5 Å². The Morgan fingerprint density at radius 1 is 0.851 bits per heavy atom. The van der Waals surface area contributed by atoms with E-state index in [2.05, 4.69) is 42.8 Å². The van der Waals surface area contributed by atoms with E-state index in [0.717, 1.165) is 29.0 Å². The highest BCUT2D eigenvalue weighted by Gasteiger charge is 2.22. The minimum absolute atomic E-state index is 0.186. The maximum atomic E-state index is 13.4. The van der Waals surface area contributed by atoms with Crippen LogP contribution in [0.2, 0.25) is 0 Å². The Kier molecular flexibility index (Phi) is 9.80. The Morgan fingerprint density at radius 3 is 2.23 bits per heavy atom. The first-order chi connectivity index (χ1) is 22.4. The molecule has 4 aromatic carbocycles. The van der Waals surface area contributed by atoms with Crippen LogP contribution in [0, 0.1) is 0 Å². The molecule has 0 radical (unpaired) electrons. The zero-order chi connectivity index (χ0) is 33.6. The average molecular weight is 655 g/mol. The molecule has 0 atom stereocenters. The van der Waals surface area contributed by atoms with Gasteiger partial charge in [-0.1, -0.05) is 75.4 Å². The number of sulfonamides is 1. The van der Waals surface area contributed by atoms with Crippen LogP contribution in [-0.2, 0) is 21.9 Å². The molecule has 244 valence electrons. The van der Waals surface area contributed by atoms with Gasteiger partial charge in [-0.15, -0.1) is 0 Å². The number of benzene rings is 4. The lowest BCUT2D eigenvalue weighted by molar-refractivity contribution is 0.262. The number of nitrogens with zero attached hydrogens (tertiary/aromatic N) is 2. The second kappa shape index (κ2) is 14.0. The van der Waals surface area contributed by atoms with E-state index in [-0.39, 0.29) is 16.9 Å². The number of carbonyl (C=O) groups is 1. The molecule has 11 nitrogen and oxygen atoms in total. The normalized spacial score (nSPS) is 11.5. The van der Waals surface area contributed by atoms with E-state index in [9.17, 15) is 13.2 Å². The lowest BCUT2D eigenvalue weighted by atomic mass is 9.86. The summed E-state index contributed by atoms with van der Waals surface area (Å²) in [6, 6.07) is 25.8. The second-order valence-corrected chi connectivity index (χ2v) is 13.7. The summed E-state index contributed by atoms with van der Waals surface area (Å²) in [6.45, 7) is 6.64. The highest BCUT2D eigenvalue weighted by atomic mass is 32.2. The molecule has 5 rings (SSSR count). The Bertz CT molecular complexity index is 2000. The fraction of sp³-hybridized carbons (Fsp3) is 0.229. The van der Waals surface area contributed by atoms with E-state index >= 15 is 0 Å². The van der Waals surface area contributed by atoms with Crippen molar-refractivity contribution >= 4 is 49.8 Å². The fourth-order valence-corrected chi connectivity index (χ4v) is 5.51. The van der Waals surface area contributed by atoms with Crippen LogP contribution in [0.5, 0.6) is 17.4 Å². The molecule has 0 saturated carbocycles. The molecule has 4 N–H and O–H groups in total. The summed E-state index contributed by atoms with van der Waals surface area (Å²) in [6.07, 6.45) is 3.52. The summed E-state index contributed by atoms with van der Waals surface area (Å²) in [5.41, 5.74) is 2.74. The van der Waals surface area contributed by atoms with Crippen molar-refractivity contribution in [2.45, 2.75) is 32.6 Å². The van der Waals surface area contributed by atoms with Crippen molar-refractivity contribution in [2.24, 2.45) is 0 Å². The number of nitrogens with one attached hydrogen (secondary N) is 4. The Labute approximate surface area is 274 Å². The van der Waals surface area contributed by atoms with Crippen molar-refractivity contribution in [1.82, 2.24) is 9.97 Å². The molecule has 1 heterocycles. The maximum Gasteiger partial charge on any atom is 0.323 e. The maximum absolute atomic E-state index is 13.4. The van der Waals surface area contributed by atoms with E-state index in [1.807, 2.05) is 63.2 Å². The van der Waals surface area contributed by atoms with Gasteiger partial charge >= 0.3 is 6.03 Å². The van der Waals surface area contributed by atoms with Crippen LogP contribution in [0.15, 0.2) is 91.1 Å². The van der Waals surface area contributed by atoms with Crippen molar-refractivity contribution in [3.05, 3.63) is 102 Å². The molecule has 0 bridgehead atoms. The van der Waals surface area contributed by atoms with Gasteiger partial charge in [0, 0.05) is 29.6 Å². The van der Waals surface area contributed by atoms with Crippen LogP contribution >= 0.6 is 0 Å². The van der Waals surface area contributed by atoms with Gasteiger partial charge in [0.15, 0.2) is 5.75 Å². The van der Waals surface area contributed by atoms with Crippen LogP contribution in [0.1, 0.15) is 31.9 Å². The molecule has 1 aromatic heterocycles. The molecule has 5 aromatic rings. The third kappa shape index (κ3) is 8.67. The van der Waals surface area contributed by atoms with Gasteiger partial charge in [0.2, 0.25) is 21.9 Å². The minimum atomic E-state index is -3.62. The smallest absolute Gasteiger partial charge is 0.323 e. The molecule has 0 unspecified atom stereocenters. The number of carbonyl (C=O) groups excluding carboxylic acids is 1. The number of amides is 2.